The molecular weight excluding hydrogens is 268 g/mol. The molecule has 0 aromatic carbocycles. The van der Waals surface area contributed by atoms with Crippen molar-refractivity contribution in [1.29, 1.82) is 0 Å². The van der Waals surface area contributed by atoms with Gasteiger partial charge in [-0.1, -0.05) is 0 Å². The van der Waals surface area contributed by atoms with Gasteiger partial charge in [-0.05, 0) is 44.1 Å². The molecule has 0 saturated heterocycles. The van der Waals surface area contributed by atoms with Crippen molar-refractivity contribution < 1.29 is 9.85 Å². The van der Waals surface area contributed by atoms with Gasteiger partial charge in [-0.25, -0.2) is 0 Å². The monoisotopic (exact) mass is 276 g/mol. The molecule has 0 atom stereocenters. The number of nitrogens with two attached hydrogens (primary N) is 2. The Bertz CT molecular complexity index is 655. The van der Waals surface area contributed by atoms with Crippen LogP contribution in [0.25, 0.3) is 11.4 Å². The molecule has 0 aliphatic heterocycles. The number of hydrogen-bond acceptors (Lipinski definition) is 8. The van der Waals surface area contributed by atoms with Crippen LogP contribution in [0.3, 0.4) is 0 Å². The van der Waals surface area contributed by atoms with Gasteiger partial charge in [0, 0.05) is 0 Å². The van der Waals surface area contributed by atoms with Gasteiger partial charge in [0.25, 0.3) is 0 Å². The molecule has 0 fully saturated rings. The average molecular weight is 276 g/mol. The first kappa shape index (κ1) is 13.1. The van der Waals surface area contributed by atoms with E-state index < -0.39 is 21.5 Å². The number of nitrogen functional groups attached to an aromatic ring is 2. The molecule has 0 bridgehead atoms. The molecule has 0 aliphatic rings. The van der Waals surface area contributed by atoms with Crippen LogP contribution in [-0.4, -0.2) is 19.8 Å². The Morgan fingerprint density at radius 3 is 1.45 bits per heavy atom. The SMILES string of the molecule is Nc1ccc(-c2ccc(N)c([N+](=O)[O-])n2)nc1[N+](=O)[O-]. The van der Waals surface area contributed by atoms with Crippen molar-refractivity contribution in [3.05, 3.63) is 44.5 Å². The predicted octanol–water partition coefficient (Wildman–Crippen LogP) is 1.12. The highest BCUT2D eigenvalue weighted by Gasteiger charge is 2.22. The molecule has 10 nitrogen and oxygen atoms in total. The van der Waals surface area contributed by atoms with E-state index in [1.807, 2.05) is 0 Å². The Morgan fingerprint density at radius 2 is 1.15 bits per heavy atom. The lowest BCUT2D eigenvalue weighted by Crippen LogP contribution is -2.02. The van der Waals surface area contributed by atoms with Crippen molar-refractivity contribution in [2.24, 2.45) is 0 Å². The highest BCUT2D eigenvalue weighted by molar-refractivity contribution is 5.66. The maximum absolute atomic E-state index is 10.7. The second kappa shape index (κ2) is 4.76. The maximum Gasteiger partial charge on any atom is 0.387 e. The molecule has 102 valence electrons. The molecule has 0 unspecified atom stereocenters. The van der Waals surface area contributed by atoms with E-state index in [1.165, 1.54) is 24.3 Å². The summed E-state index contributed by atoms with van der Waals surface area (Å²) in [6.07, 6.45) is 0. The number of nitro groups is 2. The molecule has 10 heteroatoms. The van der Waals surface area contributed by atoms with Crippen LogP contribution in [0.4, 0.5) is 23.0 Å². The van der Waals surface area contributed by atoms with Gasteiger partial charge in [0.15, 0.2) is 0 Å². The van der Waals surface area contributed by atoms with Gasteiger partial charge in [0.1, 0.15) is 11.4 Å². The fourth-order valence-electron chi connectivity index (χ4n) is 1.50. The van der Waals surface area contributed by atoms with Gasteiger partial charge >= 0.3 is 11.6 Å². The molecule has 0 spiro atoms. The zero-order valence-electron chi connectivity index (χ0n) is 9.89. The van der Waals surface area contributed by atoms with E-state index in [2.05, 4.69) is 9.97 Å². The third-order valence-electron chi connectivity index (χ3n) is 2.42. The molecule has 20 heavy (non-hydrogen) atoms. The van der Waals surface area contributed by atoms with Crippen molar-refractivity contribution in [2.75, 3.05) is 11.5 Å². The lowest BCUT2D eigenvalue weighted by molar-refractivity contribution is -0.388. The quantitative estimate of drug-likeness (QED) is 0.621. The molecule has 2 heterocycles. The Labute approximate surface area is 111 Å². The third kappa shape index (κ3) is 2.29. The van der Waals surface area contributed by atoms with Crippen LogP contribution < -0.4 is 11.5 Å². The standard InChI is InChI=1S/C10H8N6O4/c11-5-1-3-7(13-9(5)15(17)18)8-4-2-6(12)10(14-8)16(19)20/h1-4H,11-12H2. The van der Waals surface area contributed by atoms with Crippen LogP contribution in [0.15, 0.2) is 24.3 Å². The molecule has 2 aromatic rings. The van der Waals surface area contributed by atoms with Gasteiger partial charge in [-0.2, -0.15) is 0 Å². The Hall–Kier alpha value is -3.30. The van der Waals surface area contributed by atoms with Crippen LogP contribution in [0.5, 0.6) is 0 Å². The lowest BCUT2D eigenvalue weighted by Gasteiger charge is -1.99. The van der Waals surface area contributed by atoms with Gasteiger partial charge < -0.3 is 31.7 Å². The van der Waals surface area contributed by atoms with E-state index >= 15 is 0 Å². The summed E-state index contributed by atoms with van der Waals surface area (Å²) in [6.45, 7) is 0. The minimum absolute atomic E-state index is 0.0917. The Balaban J connectivity index is 2.57. The zero-order chi connectivity index (χ0) is 14.9. The predicted molar refractivity (Wildman–Crippen MR) is 69.6 cm³/mol. The summed E-state index contributed by atoms with van der Waals surface area (Å²) in [6, 6.07) is 5.32. The first-order chi connectivity index (χ1) is 9.40. The summed E-state index contributed by atoms with van der Waals surface area (Å²) < 4.78 is 0. The average Bonchev–Trinajstić information content (AvgIpc) is 2.39. The molecule has 0 amide bonds. The summed E-state index contributed by atoms with van der Waals surface area (Å²) in [4.78, 5) is 27.5. The molecule has 2 rings (SSSR count). The number of pyridine rings is 2. The summed E-state index contributed by atoms with van der Waals surface area (Å²) in [5.74, 6) is -1.08. The molecule has 0 aliphatic carbocycles. The highest BCUT2D eigenvalue weighted by Crippen LogP contribution is 2.27. The van der Waals surface area contributed by atoms with Gasteiger partial charge in [0.05, 0.1) is 0 Å². The smallest absolute Gasteiger partial charge is 0.387 e. The maximum atomic E-state index is 10.7. The number of rotatable bonds is 3. The zero-order valence-corrected chi connectivity index (χ0v) is 9.89. The minimum atomic E-state index is -0.745. The summed E-state index contributed by atoms with van der Waals surface area (Å²) in [7, 11) is 0. The number of anilines is 2. The topological polar surface area (TPSA) is 164 Å². The van der Waals surface area contributed by atoms with Gasteiger partial charge in [0.2, 0.25) is 11.4 Å². The first-order valence-electron chi connectivity index (χ1n) is 5.22. The van der Waals surface area contributed by atoms with Crippen LogP contribution >= 0.6 is 0 Å². The number of hydrogen-bond donors (Lipinski definition) is 2. The second-order valence-electron chi connectivity index (χ2n) is 3.73. The molecule has 0 radical (unpaired) electrons. The summed E-state index contributed by atoms with van der Waals surface area (Å²) in [5.41, 5.74) is 10.8. The van der Waals surface area contributed by atoms with Gasteiger partial charge in [-0.3, -0.25) is 0 Å². The van der Waals surface area contributed by atoms with E-state index in [-0.39, 0.29) is 22.8 Å². The number of aromatic nitrogens is 2. The highest BCUT2D eigenvalue weighted by atomic mass is 16.6. The van der Waals surface area contributed by atoms with Gasteiger partial charge in [-0.15, -0.1) is 0 Å². The van der Waals surface area contributed by atoms with Crippen LogP contribution in [0, 0.1) is 20.2 Å². The second-order valence-corrected chi connectivity index (χ2v) is 3.73. The Kier molecular flexibility index (Phi) is 3.13. The van der Waals surface area contributed by atoms with Crippen molar-refractivity contribution in [3.8, 4) is 11.4 Å². The van der Waals surface area contributed by atoms with Crippen molar-refractivity contribution in [2.45, 2.75) is 0 Å². The van der Waals surface area contributed by atoms with Crippen molar-refractivity contribution in [3.63, 3.8) is 0 Å². The minimum Gasteiger partial charge on any atom is -0.392 e. The summed E-state index contributed by atoms with van der Waals surface area (Å²) in [5, 5.41) is 21.5. The third-order valence-corrected chi connectivity index (χ3v) is 2.42. The largest absolute Gasteiger partial charge is 0.392 e. The fraction of sp³-hybridized carbons (Fsp3) is 0. The molecule has 0 saturated carbocycles. The Morgan fingerprint density at radius 1 is 0.800 bits per heavy atom. The normalized spacial score (nSPS) is 10.2. The van der Waals surface area contributed by atoms with E-state index in [1.54, 1.807) is 0 Å². The van der Waals surface area contributed by atoms with Crippen molar-refractivity contribution in [1.82, 2.24) is 9.97 Å². The van der Waals surface area contributed by atoms with E-state index in [4.69, 9.17) is 11.5 Å². The number of nitrogens with zero attached hydrogens (tertiary/aromatic N) is 4. The summed E-state index contributed by atoms with van der Waals surface area (Å²) >= 11 is 0. The van der Waals surface area contributed by atoms with E-state index in [0.717, 1.165) is 0 Å². The molecule has 4 N–H and O–H groups in total. The fourth-order valence-corrected chi connectivity index (χ4v) is 1.50. The van der Waals surface area contributed by atoms with Crippen LogP contribution in [0.2, 0.25) is 0 Å². The van der Waals surface area contributed by atoms with E-state index in [9.17, 15) is 20.2 Å². The lowest BCUT2D eigenvalue weighted by atomic mass is 10.2. The first-order valence-corrected chi connectivity index (χ1v) is 5.22. The molecule has 2 aromatic heterocycles. The van der Waals surface area contributed by atoms with Crippen LogP contribution in [0.1, 0.15) is 0 Å². The molecular formula is C10H8N6O4. The van der Waals surface area contributed by atoms with Crippen molar-refractivity contribution >= 4 is 23.0 Å². The van der Waals surface area contributed by atoms with Crippen LogP contribution in [-0.2, 0) is 0 Å². The van der Waals surface area contributed by atoms with E-state index in [0.29, 0.717) is 0 Å².